The Hall–Kier alpha value is -1.72. The van der Waals surface area contributed by atoms with Crippen molar-refractivity contribution in [2.45, 2.75) is 18.9 Å². The number of rotatable bonds is 5. The maximum absolute atomic E-state index is 7.56. The smallest absolute Gasteiger partial charge is 0.0491 e. The summed E-state index contributed by atoms with van der Waals surface area (Å²) in [5.41, 5.74) is 13.6. The molecule has 1 heterocycles. The van der Waals surface area contributed by atoms with Crippen LogP contribution >= 0.6 is 11.6 Å². The summed E-state index contributed by atoms with van der Waals surface area (Å²) >= 11 is 6.10. The third-order valence-electron chi connectivity index (χ3n) is 3.72. The maximum atomic E-state index is 7.56. The van der Waals surface area contributed by atoms with E-state index in [1.807, 2.05) is 18.3 Å². The number of nitrogens with two attached hydrogens (primary N) is 2. The maximum Gasteiger partial charge on any atom is 0.0491 e. The molecule has 5 nitrogen and oxygen atoms in total. The topological polar surface area (TPSA) is 91.2 Å². The molecule has 0 spiro atoms. The molecule has 2 rings (SSSR count). The van der Waals surface area contributed by atoms with E-state index in [9.17, 15) is 0 Å². The van der Waals surface area contributed by atoms with E-state index < -0.39 is 0 Å². The van der Waals surface area contributed by atoms with Crippen molar-refractivity contribution in [3.8, 4) is 0 Å². The standard InChI is InChI=1S/C15H22ClN5/c16-11-8-14(19)13(10-18)15(9-11)21-6-2-12(3-7-21)20-5-1-4-17/h1,5,8-10,12,18,20H,2-4,6-7,17,19H2/b5-1-,18-10?. The number of anilines is 2. The Labute approximate surface area is 130 Å². The lowest BCUT2D eigenvalue weighted by Crippen LogP contribution is -2.41. The van der Waals surface area contributed by atoms with Crippen LogP contribution in [0.5, 0.6) is 0 Å². The van der Waals surface area contributed by atoms with Gasteiger partial charge in [-0.15, -0.1) is 0 Å². The van der Waals surface area contributed by atoms with Gasteiger partial charge in [-0.05, 0) is 31.2 Å². The molecular formula is C15H22ClN5. The number of piperidine rings is 1. The van der Waals surface area contributed by atoms with Crippen LogP contribution in [0.2, 0.25) is 5.02 Å². The highest BCUT2D eigenvalue weighted by atomic mass is 35.5. The largest absolute Gasteiger partial charge is 0.398 e. The summed E-state index contributed by atoms with van der Waals surface area (Å²) < 4.78 is 0. The summed E-state index contributed by atoms with van der Waals surface area (Å²) in [6.07, 6.45) is 7.20. The molecule has 0 amide bonds. The van der Waals surface area contributed by atoms with Gasteiger partial charge in [0.1, 0.15) is 0 Å². The Morgan fingerprint density at radius 1 is 1.38 bits per heavy atom. The predicted molar refractivity (Wildman–Crippen MR) is 90.3 cm³/mol. The van der Waals surface area contributed by atoms with E-state index in [0.717, 1.165) is 37.2 Å². The van der Waals surface area contributed by atoms with Crippen molar-refractivity contribution in [1.82, 2.24) is 5.32 Å². The van der Waals surface area contributed by atoms with E-state index in [1.54, 1.807) is 6.07 Å². The Bertz CT molecular complexity index is 521. The van der Waals surface area contributed by atoms with Gasteiger partial charge in [-0.1, -0.05) is 17.7 Å². The van der Waals surface area contributed by atoms with E-state index in [2.05, 4.69) is 10.2 Å². The Morgan fingerprint density at radius 3 is 2.71 bits per heavy atom. The van der Waals surface area contributed by atoms with Crippen LogP contribution in [-0.2, 0) is 0 Å². The number of hydrogen-bond donors (Lipinski definition) is 4. The summed E-state index contributed by atoms with van der Waals surface area (Å²) in [7, 11) is 0. The van der Waals surface area contributed by atoms with Crippen molar-refractivity contribution in [1.29, 1.82) is 5.41 Å². The van der Waals surface area contributed by atoms with Gasteiger partial charge >= 0.3 is 0 Å². The first-order valence-corrected chi connectivity index (χ1v) is 7.49. The summed E-state index contributed by atoms with van der Waals surface area (Å²) in [5, 5.41) is 11.5. The fraction of sp³-hybridized carbons (Fsp3) is 0.400. The van der Waals surface area contributed by atoms with Crippen LogP contribution in [0.15, 0.2) is 24.4 Å². The molecule has 0 bridgehead atoms. The first-order chi connectivity index (χ1) is 10.2. The third kappa shape index (κ3) is 3.89. The predicted octanol–water partition coefficient (Wildman–Crippen LogP) is 1.95. The van der Waals surface area contributed by atoms with Crippen molar-refractivity contribution < 1.29 is 0 Å². The van der Waals surface area contributed by atoms with E-state index in [4.69, 9.17) is 28.5 Å². The number of hydrogen-bond acceptors (Lipinski definition) is 5. The number of nitrogens with zero attached hydrogens (tertiary/aromatic N) is 1. The minimum absolute atomic E-state index is 0.462. The zero-order valence-electron chi connectivity index (χ0n) is 12.0. The lowest BCUT2D eigenvalue weighted by Gasteiger charge is -2.35. The van der Waals surface area contributed by atoms with Gasteiger partial charge in [0, 0.05) is 53.9 Å². The Kier molecular flexibility index (Phi) is 5.47. The summed E-state index contributed by atoms with van der Waals surface area (Å²) in [4.78, 5) is 2.24. The molecule has 0 aromatic heterocycles. The second-order valence-electron chi connectivity index (χ2n) is 5.14. The van der Waals surface area contributed by atoms with E-state index in [0.29, 0.717) is 23.3 Å². The first-order valence-electron chi connectivity index (χ1n) is 7.11. The van der Waals surface area contributed by atoms with Gasteiger partial charge in [0.05, 0.1) is 0 Å². The normalized spacial score (nSPS) is 16.4. The highest BCUT2D eigenvalue weighted by Gasteiger charge is 2.21. The van der Waals surface area contributed by atoms with E-state index >= 15 is 0 Å². The fourth-order valence-corrected chi connectivity index (χ4v) is 2.82. The van der Waals surface area contributed by atoms with Gasteiger partial charge in [0.2, 0.25) is 0 Å². The van der Waals surface area contributed by atoms with Crippen molar-refractivity contribution in [3.63, 3.8) is 0 Å². The molecule has 1 aromatic rings. The molecule has 0 aliphatic carbocycles. The minimum atomic E-state index is 0.462. The molecule has 6 heteroatoms. The zero-order valence-corrected chi connectivity index (χ0v) is 12.7. The molecule has 21 heavy (non-hydrogen) atoms. The number of nitrogens with one attached hydrogen (secondary N) is 2. The fourth-order valence-electron chi connectivity index (χ4n) is 2.60. The molecule has 0 saturated carbocycles. The molecule has 114 valence electrons. The first kappa shape index (κ1) is 15.7. The minimum Gasteiger partial charge on any atom is -0.398 e. The highest BCUT2D eigenvalue weighted by Crippen LogP contribution is 2.30. The van der Waals surface area contributed by atoms with Gasteiger partial charge in [-0.2, -0.15) is 0 Å². The van der Waals surface area contributed by atoms with E-state index in [1.165, 1.54) is 6.21 Å². The van der Waals surface area contributed by atoms with Crippen LogP contribution in [0.3, 0.4) is 0 Å². The van der Waals surface area contributed by atoms with Gasteiger partial charge in [-0.25, -0.2) is 0 Å². The van der Waals surface area contributed by atoms with Crippen molar-refractivity contribution >= 4 is 29.2 Å². The van der Waals surface area contributed by atoms with Crippen LogP contribution in [0, 0.1) is 5.41 Å². The molecule has 0 atom stereocenters. The quantitative estimate of drug-likeness (QED) is 0.494. The van der Waals surface area contributed by atoms with Crippen LogP contribution in [0.1, 0.15) is 18.4 Å². The highest BCUT2D eigenvalue weighted by molar-refractivity contribution is 6.31. The molecule has 1 saturated heterocycles. The molecule has 1 aromatic carbocycles. The second kappa shape index (κ2) is 7.33. The molecule has 1 aliphatic heterocycles. The van der Waals surface area contributed by atoms with Crippen molar-refractivity contribution in [3.05, 3.63) is 35.0 Å². The molecule has 0 radical (unpaired) electrons. The molecule has 0 unspecified atom stereocenters. The lowest BCUT2D eigenvalue weighted by atomic mass is 10.0. The number of nitrogen functional groups attached to an aromatic ring is 1. The molecule has 1 fully saturated rings. The van der Waals surface area contributed by atoms with Gasteiger partial charge in [-0.3, -0.25) is 0 Å². The monoisotopic (exact) mass is 307 g/mol. The third-order valence-corrected chi connectivity index (χ3v) is 3.94. The molecule has 1 aliphatic rings. The van der Waals surface area contributed by atoms with E-state index in [-0.39, 0.29) is 0 Å². The average Bonchev–Trinajstić information content (AvgIpc) is 2.47. The van der Waals surface area contributed by atoms with Gasteiger partial charge in [0.15, 0.2) is 0 Å². The van der Waals surface area contributed by atoms with Crippen molar-refractivity contribution in [2.24, 2.45) is 5.73 Å². The SMILES string of the molecule is N=Cc1c(N)cc(Cl)cc1N1CCC(N/C=C\CN)CC1. The number of halogens is 1. The Balaban J connectivity index is 2.05. The summed E-state index contributed by atoms with van der Waals surface area (Å²) in [6, 6.07) is 4.04. The van der Waals surface area contributed by atoms with Gasteiger partial charge in [0.25, 0.3) is 0 Å². The molecular weight excluding hydrogens is 286 g/mol. The van der Waals surface area contributed by atoms with Crippen LogP contribution in [-0.4, -0.2) is 31.9 Å². The van der Waals surface area contributed by atoms with Crippen LogP contribution < -0.4 is 21.7 Å². The Morgan fingerprint density at radius 2 is 2.10 bits per heavy atom. The summed E-state index contributed by atoms with van der Waals surface area (Å²) in [5.74, 6) is 0. The van der Waals surface area contributed by atoms with Crippen LogP contribution in [0.25, 0.3) is 0 Å². The van der Waals surface area contributed by atoms with Gasteiger partial charge < -0.3 is 27.1 Å². The summed E-state index contributed by atoms with van der Waals surface area (Å²) in [6.45, 7) is 2.37. The lowest BCUT2D eigenvalue weighted by molar-refractivity contribution is 0.455. The average molecular weight is 308 g/mol. The zero-order chi connectivity index (χ0) is 15.2. The van der Waals surface area contributed by atoms with Crippen LogP contribution in [0.4, 0.5) is 11.4 Å². The number of benzene rings is 1. The second-order valence-corrected chi connectivity index (χ2v) is 5.57. The molecule has 6 N–H and O–H groups in total. The van der Waals surface area contributed by atoms with Crippen molar-refractivity contribution in [2.75, 3.05) is 30.3 Å².